The molecule has 27 heavy (non-hydrogen) atoms. The Kier molecular flexibility index (Phi) is 7.18. The van der Waals surface area contributed by atoms with E-state index in [1.165, 1.54) is 40.9 Å². The molecule has 3 nitrogen and oxygen atoms in total. The molecular formula is C24H37N3. The Morgan fingerprint density at radius 1 is 0.963 bits per heavy atom. The van der Waals surface area contributed by atoms with Gasteiger partial charge in [0, 0.05) is 30.2 Å². The molecule has 0 amide bonds. The third kappa shape index (κ3) is 5.18. The largest absolute Gasteiger partial charge is 0.399 e. The Labute approximate surface area is 165 Å². The number of fused-ring (bicyclic) bond motifs is 2. The minimum Gasteiger partial charge on any atom is -0.399 e. The van der Waals surface area contributed by atoms with E-state index in [1.54, 1.807) is 0 Å². The second kappa shape index (κ2) is 9.16. The van der Waals surface area contributed by atoms with Crippen LogP contribution in [-0.2, 0) is 5.41 Å². The predicted molar refractivity (Wildman–Crippen MR) is 121 cm³/mol. The SMILES string of the molecule is CC.CC1CCNc2ccc(N)cc21.Cc1ccc2c(c1)C(C)(C)CCN2. The van der Waals surface area contributed by atoms with Crippen LogP contribution in [0.15, 0.2) is 36.4 Å². The number of nitrogens with two attached hydrogens (primary N) is 1. The molecular weight excluding hydrogens is 330 g/mol. The Hall–Kier alpha value is -2.16. The number of benzene rings is 2. The molecule has 2 aliphatic heterocycles. The van der Waals surface area contributed by atoms with Gasteiger partial charge < -0.3 is 16.4 Å². The molecule has 3 heteroatoms. The number of nitrogens with one attached hydrogen (secondary N) is 2. The van der Waals surface area contributed by atoms with Gasteiger partial charge in [-0.3, -0.25) is 0 Å². The van der Waals surface area contributed by atoms with Gasteiger partial charge in [0.25, 0.3) is 0 Å². The normalized spacial score (nSPS) is 18.8. The van der Waals surface area contributed by atoms with Crippen LogP contribution in [0.3, 0.4) is 0 Å². The van der Waals surface area contributed by atoms with Crippen molar-refractivity contribution in [1.29, 1.82) is 0 Å². The van der Waals surface area contributed by atoms with Crippen LogP contribution >= 0.6 is 0 Å². The number of rotatable bonds is 0. The van der Waals surface area contributed by atoms with E-state index in [1.807, 2.05) is 19.9 Å². The van der Waals surface area contributed by atoms with E-state index in [0.29, 0.717) is 11.3 Å². The summed E-state index contributed by atoms with van der Waals surface area (Å²) >= 11 is 0. The van der Waals surface area contributed by atoms with E-state index in [4.69, 9.17) is 5.73 Å². The predicted octanol–water partition coefficient (Wildman–Crippen LogP) is 6.30. The number of aryl methyl sites for hydroxylation is 1. The molecule has 4 N–H and O–H groups in total. The summed E-state index contributed by atoms with van der Waals surface area (Å²) in [5.74, 6) is 0.643. The molecule has 1 unspecified atom stereocenters. The van der Waals surface area contributed by atoms with E-state index >= 15 is 0 Å². The van der Waals surface area contributed by atoms with Crippen molar-refractivity contribution in [2.75, 3.05) is 29.5 Å². The molecule has 0 aromatic heterocycles. The lowest BCUT2D eigenvalue weighted by Gasteiger charge is -2.33. The first-order valence-electron chi connectivity index (χ1n) is 10.3. The van der Waals surface area contributed by atoms with Crippen molar-refractivity contribution < 1.29 is 0 Å². The van der Waals surface area contributed by atoms with Gasteiger partial charge >= 0.3 is 0 Å². The van der Waals surface area contributed by atoms with Gasteiger partial charge in [0.1, 0.15) is 0 Å². The molecule has 0 radical (unpaired) electrons. The quantitative estimate of drug-likeness (QED) is 0.479. The molecule has 2 aliphatic rings. The average Bonchev–Trinajstić information content (AvgIpc) is 2.65. The van der Waals surface area contributed by atoms with Gasteiger partial charge in [-0.15, -0.1) is 0 Å². The number of hydrogen-bond donors (Lipinski definition) is 3. The second-order valence-corrected chi connectivity index (χ2v) is 8.07. The highest BCUT2D eigenvalue weighted by Gasteiger charge is 2.26. The standard InChI is InChI=1S/C12H17N.C10H14N2.C2H6/c1-9-4-5-11-10(8-9)12(2,3)6-7-13-11;1-7-4-5-12-10-3-2-8(11)6-9(7)10;1-2/h4-5,8,13H,6-7H2,1-3H3;2-3,6-7,12H,4-5,11H2,1H3;1-2H3. The summed E-state index contributed by atoms with van der Waals surface area (Å²) in [5.41, 5.74) is 13.7. The van der Waals surface area contributed by atoms with Crippen LogP contribution in [0.1, 0.15) is 70.1 Å². The molecule has 0 saturated carbocycles. The van der Waals surface area contributed by atoms with Gasteiger partial charge in [-0.25, -0.2) is 0 Å². The third-order valence-electron chi connectivity index (χ3n) is 5.47. The van der Waals surface area contributed by atoms with Gasteiger partial charge in [-0.1, -0.05) is 52.3 Å². The zero-order chi connectivity index (χ0) is 20.0. The first-order valence-corrected chi connectivity index (χ1v) is 10.3. The van der Waals surface area contributed by atoms with E-state index in [0.717, 1.165) is 18.8 Å². The molecule has 1 atom stereocenters. The maximum Gasteiger partial charge on any atom is 0.0378 e. The summed E-state index contributed by atoms with van der Waals surface area (Å²) in [6, 6.07) is 12.8. The Morgan fingerprint density at radius 2 is 1.63 bits per heavy atom. The molecule has 0 fully saturated rings. The minimum absolute atomic E-state index is 0.340. The van der Waals surface area contributed by atoms with Crippen molar-refractivity contribution >= 4 is 17.1 Å². The second-order valence-electron chi connectivity index (χ2n) is 8.07. The maximum atomic E-state index is 5.72. The van der Waals surface area contributed by atoms with E-state index < -0.39 is 0 Å². The zero-order valence-electron chi connectivity index (χ0n) is 17.9. The van der Waals surface area contributed by atoms with Crippen molar-refractivity contribution in [3.05, 3.63) is 53.1 Å². The molecule has 148 valence electrons. The van der Waals surface area contributed by atoms with Crippen LogP contribution < -0.4 is 16.4 Å². The fraction of sp³-hybridized carbons (Fsp3) is 0.500. The molecule has 2 heterocycles. The summed E-state index contributed by atoms with van der Waals surface area (Å²) in [4.78, 5) is 0. The highest BCUT2D eigenvalue weighted by Crippen LogP contribution is 2.36. The van der Waals surface area contributed by atoms with E-state index in [2.05, 4.69) is 68.7 Å². The highest BCUT2D eigenvalue weighted by atomic mass is 14.9. The van der Waals surface area contributed by atoms with Gasteiger partial charge in [-0.05, 0) is 66.5 Å². The fourth-order valence-corrected chi connectivity index (χ4v) is 3.75. The molecule has 0 aliphatic carbocycles. The molecule has 2 aromatic carbocycles. The van der Waals surface area contributed by atoms with Crippen molar-refractivity contribution in [1.82, 2.24) is 0 Å². The Bertz CT molecular complexity index is 749. The minimum atomic E-state index is 0.340. The highest BCUT2D eigenvalue weighted by molar-refractivity contribution is 5.60. The summed E-state index contributed by atoms with van der Waals surface area (Å²) in [7, 11) is 0. The van der Waals surface area contributed by atoms with E-state index in [9.17, 15) is 0 Å². The van der Waals surface area contributed by atoms with Crippen LogP contribution in [0.5, 0.6) is 0 Å². The summed E-state index contributed by atoms with van der Waals surface area (Å²) in [6.45, 7) is 15.2. The molecule has 0 bridgehead atoms. The Balaban J connectivity index is 0.000000178. The van der Waals surface area contributed by atoms with Gasteiger partial charge in [0.05, 0.1) is 0 Å². The monoisotopic (exact) mass is 367 g/mol. The van der Waals surface area contributed by atoms with Crippen molar-refractivity contribution in [2.24, 2.45) is 0 Å². The van der Waals surface area contributed by atoms with Crippen LogP contribution in [0, 0.1) is 6.92 Å². The van der Waals surface area contributed by atoms with Crippen LogP contribution in [-0.4, -0.2) is 13.1 Å². The summed E-state index contributed by atoms with van der Waals surface area (Å²) in [5, 5.41) is 6.81. The first kappa shape index (κ1) is 21.1. The topological polar surface area (TPSA) is 50.1 Å². The zero-order valence-corrected chi connectivity index (χ0v) is 17.9. The molecule has 0 saturated heterocycles. The number of anilines is 3. The smallest absolute Gasteiger partial charge is 0.0378 e. The maximum absolute atomic E-state index is 5.72. The Morgan fingerprint density at radius 3 is 2.37 bits per heavy atom. The lowest BCUT2D eigenvalue weighted by Crippen LogP contribution is -2.28. The lowest BCUT2D eigenvalue weighted by molar-refractivity contribution is 0.481. The van der Waals surface area contributed by atoms with Crippen LogP contribution in [0.2, 0.25) is 0 Å². The number of nitrogen functional groups attached to an aromatic ring is 1. The van der Waals surface area contributed by atoms with E-state index in [-0.39, 0.29) is 0 Å². The average molecular weight is 368 g/mol. The van der Waals surface area contributed by atoms with Crippen LogP contribution in [0.4, 0.5) is 17.1 Å². The van der Waals surface area contributed by atoms with Gasteiger partial charge in [0.2, 0.25) is 0 Å². The molecule has 0 spiro atoms. The first-order chi connectivity index (χ1) is 12.9. The van der Waals surface area contributed by atoms with Gasteiger partial charge in [0.15, 0.2) is 0 Å². The molecule has 2 aromatic rings. The van der Waals surface area contributed by atoms with Gasteiger partial charge in [-0.2, -0.15) is 0 Å². The lowest BCUT2D eigenvalue weighted by atomic mass is 9.78. The van der Waals surface area contributed by atoms with Crippen molar-refractivity contribution in [3.63, 3.8) is 0 Å². The summed E-state index contributed by atoms with van der Waals surface area (Å²) in [6.07, 6.45) is 2.43. The number of hydrogen-bond acceptors (Lipinski definition) is 3. The molecule has 4 rings (SSSR count). The van der Waals surface area contributed by atoms with Crippen molar-refractivity contribution in [3.8, 4) is 0 Å². The van der Waals surface area contributed by atoms with Crippen LogP contribution in [0.25, 0.3) is 0 Å². The third-order valence-corrected chi connectivity index (χ3v) is 5.47. The summed E-state index contributed by atoms with van der Waals surface area (Å²) < 4.78 is 0. The van der Waals surface area contributed by atoms with Crippen molar-refractivity contribution in [2.45, 2.75) is 65.7 Å². The fourth-order valence-electron chi connectivity index (χ4n) is 3.75.